The predicted molar refractivity (Wildman–Crippen MR) is 330 cm³/mol. The van der Waals surface area contributed by atoms with Crippen LogP contribution in [0.5, 0.6) is 34.5 Å². The Balaban J connectivity index is 0.000000204. The van der Waals surface area contributed by atoms with Crippen molar-refractivity contribution in [2.45, 2.75) is 69.8 Å². The maximum Gasteiger partial charge on any atom is 0.573 e. The number of alkyl halides is 7. The molecule has 1 aliphatic rings. The molecule has 0 atom stereocenters. The molecule has 1 aliphatic heterocycles. The van der Waals surface area contributed by atoms with Crippen molar-refractivity contribution < 1.29 is 54.8 Å². The van der Waals surface area contributed by atoms with Crippen molar-refractivity contribution in [1.82, 2.24) is 27.8 Å². The maximum absolute atomic E-state index is 13.9. The van der Waals surface area contributed by atoms with Crippen LogP contribution in [0, 0.1) is 0 Å². The number of halogens is 9. The van der Waals surface area contributed by atoms with Crippen LogP contribution in [0.4, 0.5) is 32.2 Å². The lowest BCUT2D eigenvalue weighted by molar-refractivity contribution is -0.275. The number of methoxy groups -OCH3 is 2. The second-order valence-electron chi connectivity index (χ2n) is 19.9. The molecule has 0 amide bonds. The quantitative estimate of drug-likeness (QED) is 0.0380. The van der Waals surface area contributed by atoms with E-state index in [0.717, 1.165) is 44.9 Å². The fraction of sp³-hybridized carbons (Fsp3) is 0.270. The van der Waals surface area contributed by atoms with Gasteiger partial charge in [0, 0.05) is 66.7 Å². The largest absolute Gasteiger partial charge is 0.573 e. The topological polar surface area (TPSA) is 174 Å². The number of fused-ring (bicyclic) bond motifs is 2. The predicted octanol–water partition coefficient (Wildman–Crippen LogP) is 12.8. The number of rotatable bonds is 21. The molecule has 26 heteroatoms. The number of aryl methyl sites for hydroxylation is 2. The molecule has 0 unspecified atom stereocenters. The molecule has 0 radical (unpaired) electrons. The Kier molecular flexibility index (Phi) is 22.3. The highest BCUT2D eigenvalue weighted by atomic mass is 79.9. The minimum absolute atomic E-state index is 0.0534. The van der Waals surface area contributed by atoms with Gasteiger partial charge in [-0.3, -0.25) is 27.9 Å². The van der Waals surface area contributed by atoms with E-state index in [0.29, 0.717) is 65.8 Å². The molecule has 0 aliphatic carbocycles. The van der Waals surface area contributed by atoms with Crippen LogP contribution in [0.2, 0.25) is 10.0 Å². The summed E-state index contributed by atoms with van der Waals surface area (Å²) >= 11 is 15.1. The van der Waals surface area contributed by atoms with Crippen molar-refractivity contribution in [2.24, 2.45) is 19.1 Å². The summed E-state index contributed by atoms with van der Waals surface area (Å²) in [7, 11) is 6.26. The van der Waals surface area contributed by atoms with Crippen LogP contribution in [-0.4, -0.2) is 73.7 Å². The minimum atomic E-state index is -4.81. The normalized spacial score (nSPS) is 11.9. The Labute approximate surface area is 523 Å². The number of aromatic nitrogens is 6. The zero-order valence-corrected chi connectivity index (χ0v) is 51.3. The lowest BCUT2D eigenvalue weighted by Crippen LogP contribution is -2.40. The first kappa shape index (κ1) is 66.2. The Morgan fingerprint density at radius 3 is 1.43 bits per heavy atom. The van der Waals surface area contributed by atoms with Gasteiger partial charge in [0.25, 0.3) is 11.1 Å². The number of hydrogen-bond acceptors (Lipinski definition) is 12. The fourth-order valence-electron chi connectivity index (χ4n) is 9.29. The van der Waals surface area contributed by atoms with Gasteiger partial charge in [-0.05, 0) is 114 Å². The van der Waals surface area contributed by atoms with E-state index in [1.807, 2.05) is 36.4 Å². The Morgan fingerprint density at radius 1 is 0.528 bits per heavy atom. The summed E-state index contributed by atoms with van der Waals surface area (Å²) in [6.07, 6.45) is -7.48. The number of benzene rings is 6. The molecule has 0 saturated heterocycles. The Morgan fingerprint density at radius 2 is 0.955 bits per heavy atom. The number of imidazole rings is 1. The molecule has 6 aromatic carbocycles. The molecule has 0 N–H and O–H groups in total. The van der Waals surface area contributed by atoms with Gasteiger partial charge in [0.05, 0.1) is 46.1 Å². The zero-order valence-electron chi connectivity index (χ0n) is 48.2. The molecule has 3 aromatic heterocycles. The molecule has 468 valence electrons. The molecule has 17 nitrogen and oxygen atoms in total. The highest BCUT2D eigenvalue weighted by Crippen LogP contribution is 2.29. The van der Waals surface area contributed by atoms with E-state index in [9.17, 15) is 45.5 Å². The molecular weight excluding hydrogens is 1280 g/mol. The van der Waals surface area contributed by atoms with E-state index in [1.165, 1.54) is 60.2 Å². The van der Waals surface area contributed by atoms with Gasteiger partial charge in [-0.25, -0.2) is 19.6 Å². The first-order valence-corrected chi connectivity index (χ1v) is 29.2. The van der Waals surface area contributed by atoms with Gasteiger partial charge in [-0.15, -0.1) is 26.3 Å². The second-order valence-corrected chi connectivity index (χ2v) is 21.4. The van der Waals surface area contributed by atoms with Gasteiger partial charge in [0.1, 0.15) is 46.1 Å². The van der Waals surface area contributed by atoms with Crippen LogP contribution >= 0.6 is 39.1 Å². The zero-order chi connectivity index (χ0) is 64.0. The standard InChI is InChI=1S/C31H28ClF3N4O5.C25H24F3N3O5.C7H6BrCl/c1-37-28-27(29(40)39(30(37)41)19-21-10-14-23(42-2)15-11-21)38(18-20-8-12-22(32)13-9-20)26(36-28)7-4-16-43-24-5-3-6-25(17-24)44-31(33,34)35;1-30-22-21(23(32)31(24(30)33)15-16-8-10-18(34-2)11-9-16)13-17(29-22)5-4-12-35-19-6-3-7-20(14-19)36-25(26,27)28;8-5-6-1-3-7(9)4-2-6/h3,5-6,8-15,17H,4,7,16,18-19H2,1-2H3;3,6-11,14H,4-5,12-13,15H2,1-2H3;1-4H,5H2. The third kappa shape index (κ3) is 18.2. The number of ether oxygens (including phenoxy) is 6. The van der Waals surface area contributed by atoms with Gasteiger partial charge >= 0.3 is 24.1 Å². The summed E-state index contributed by atoms with van der Waals surface area (Å²) in [5.41, 5.74) is 3.53. The summed E-state index contributed by atoms with van der Waals surface area (Å²) in [6.45, 7) is 0.851. The lowest BCUT2D eigenvalue weighted by Gasteiger charge is -2.12. The van der Waals surface area contributed by atoms with E-state index in [1.54, 1.807) is 93.5 Å². The van der Waals surface area contributed by atoms with Crippen molar-refractivity contribution in [1.29, 1.82) is 0 Å². The monoisotopic (exact) mass is 1340 g/mol. The first-order valence-electron chi connectivity index (χ1n) is 27.4. The summed E-state index contributed by atoms with van der Waals surface area (Å²) in [4.78, 5) is 62.3. The molecule has 10 rings (SSSR count). The summed E-state index contributed by atoms with van der Waals surface area (Å²) in [6, 6.07) is 39.7. The molecule has 0 fully saturated rings. The Bertz CT molecular complexity index is 4170. The van der Waals surface area contributed by atoms with Gasteiger partial charge in [0.2, 0.25) is 0 Å². The van der Waals surface area contributed by atoms with Crippen LogP contribution in [0.3, 0.4) is 0 Å². The SMILES string of the molecule is COc1ccc(Cn2c(=O)c3c(n(C)c2=O)N=C(CCCOc2cccc(OC(F)(F)F)c2)C3)cc1.COc1ccc(Cn2c(=O)c3c(nc(CCCOc4cccc(OC(F)(F)F)c4)n3Cc3ccc(Cl)cc3)n(C)c2=O)cc1.Clc1ccc(CBr)cc1. The van der Waals surface area contributed by atoms with Gasteiger partial charge in [-0.2, -0.15) is 0 Å². The van der Waals surface area contributed by atoms with Crippen molar-refractivity contribution in [2.75, 3.05) is 27.4 Å². The third-order valence-corrected chi connectivity index (χ3v) is 14.8. The number of hydrogen-bond donors (Lipinski definition) is 0. The Hall–Kier alpha value is -8.74. The second kappa shape index (κ2) is 30.0. The smallest absolute Gasteiger partial charge is 0.497 e. The van der Waals surface area contributed by atoms with Crippen molar-refractivity contribution >= 4 is 61.8 Å². The van der Waals surface area contributed by atoms with Crippen molar-refractivity contribution in [3.05, 3.63) is 231 Å². The van der Waals surface area contributed by atoms with Gasteiger partial charge in [0.15, 0.2) is 11.2 Å². The van der Waals surface area contributed by atoms with Crippen molar-refractivity contribution in [3.63, 3.8) is 0 Å². The maximum atomic E-state index is 13.9. The highest BCUT2D eigenvalue weighted by molar-refractivity contribution is 9.08. The average molecular weight is 1340 g/mol. The molecule has 0 bridgehead atoms. The molecule has 0 saturated carbocycles. The van der Waals surface area contributed by atoms with Crippen LogP contribution in [0.1, 0.15) is 52.9 Å². The average Bonchev–Trinajstić information content (AvgIpc) is 1.69. The molecule has 4 heterocycles. The van der Waals surface area contributed by atoms with E-state index in [2.05, 4.69) is 35.4 Å². The molecular formula is C63H58BrCl2F6N7O10. The van der Waals surface area contributed by atoms with E-state index in [-0.39, 0.29) is 72.6 Å². The highest BCUT2D eigenvalue weighted by Gasteiger charge is 2.32. The van der Waals surface area contributed by atoms with Crippen LogP contribution in [-0.2, 0) is 51.9 Å². The van der Waals surface area contributed by atoms with Crippen molar-refractivity contribution in [3.8, 4) is 34.5 Å². The van der Waals surface area contributed by atoms with E-state index < -0.39 is 29.7 Å². The minimum Gasteiger partial charge on any atom is -0.497 e. The number of nitrogens with zero attached hydrogens (tertiary/aromatic N) is 7. The summed E-state index contributed by atoms with van der Waals surface area (Å²) in [5, 5.41) is 2.25. The van der Waals surface area contributed by atoms with Gasteiger partial charge < -0.3 is 33.0 Å². The molecule has 0 spiro atoms. The van der Waals surface area contributed by atoms with Crippen LogP contribution in [0.25, 0.3) is 11.2 Å². The van der Waals surface area contributed by atoms with E-state index >= 15 is 0 Å². The summed E-state index contributed by atoms with van der Waals surface area (Å²) in [5.74, 6) is 1.95. The first-order chi connectivity index (χ1) is 42.5. The number of aliphatic imine (C=N–C) groups is 1. The van der Waals surface area contributed by atoms with Crippen LogP contribution in [0.15, 0.2) is 170 Å². The third-order valence-electron chi connectivity index (χ3n) is 13.7. The lowest BCUT2D eigenvalue weighted by atomic mass is 10.1. The van der Waals surface area contributed by atoms with E-state index in [4.69, 9.17) is 42.1 Å². The molecule has 9 aromatic rings. The van der Waals surface area contributed by atoms with Gasteiger partial charge in [-0.1, -0.05) is 99.8 Å². The fourth-order valence-corrected chi connectivity index (χ4v) is 9.92. The molecule has 89 heavy (non-hydrogen) atoms. The van der Waals surface area contributed by atoms with Crippen LogP contribution < -0.4 is 50.9 Å². The summed E-state index contributed by atoms with van der Waals surface area (Å²) < 4.78 is 111.